The lowest BCUT2D eigenvalue weighted by atomic mass is 9.90. The summed E-state index contributed by atoms with van der Waals surface area (Å²) in [6, 6.07) is 0. The third-order valence-electron chi connectivity index (χ3n) is 3.86. The second-order valence-corrected chi connectivity index (χ2v) is 5.57. The molecule has 0 aromatic rings. The van der Waals surface area contributed by atoms with Crippen LogP contribution in [0.1, 0.15) is 33.6 Å². The first-order chi connectivity index (χ1) is 8.46. The van der Waals surface area contributed by atoms with Gasteiger partial charge in [-0.2, -0.15) is 0 Å². The molecule has 0 aromatic carbocycles. The Labute approximate surface area is 108 Å². The van der Waals surface area contributed by atoms with Crippen LogP contribution in [0.5, 0.6) is 0 Å². The average molecular weight is 254 g/mol. The Balaban J connectivity index is 2.06. The molecule has 2 fully saturated rings. The Morgan fingerprint density at radius 2 is 2.11 bits per heavy atom. The molecule has 0 radical (unpaired) electrons. The smallest absolute Gasteiger partial charge is 0.246 e. The van der Waals surface area contributed by atoms with E-state index in [0.717, 1.165) is 12.8 Å². The first kappa shape index (κ1) is 13.3. The van der Waals surface area contributed by atoms with Crippen LogP contribution < -0.4 is 5.32 Å². The molecule has 1 aliphatic heterocycles. The molecule has 102 valence electrons. The molecule has 1 N–H and O–H groups in total. The lowest BCUT2D eigenvalue weighted by Crippen LogP contribution is -2.67. The molecule has 1 heterocycles. The highest BCUT2D eigenvalue weighted by atomic mass is 16.5. The Hall–Kier alpha value is -1.10. The van der Waals surface area contributed by atoms with Gasteiger partial charge in [0, 0.05) is 6.54 Å². The zero-order valence-electron chi connectivity index (χ0n) is 11.4. The summed E-state index contributed by atoms with van der Waals surface area (Å²) in [5.74, 6) is 0.284. The molecule has 1 saturated carbocycles. The van der Waals surface area contributed by atoms with Gasteiger partial charge in [-0.1, -0.05) is 0 Å². The Morgan fingerprint density at radius 3 is 2.67 bits per heavy atom. The van der Waals surface area contributed by atoms with Crippen molar-refractivity contribution in [2.75, 3.05) is 19.7 Å². The summed E-state index contributed by atoms with van der Waals surface area (Å²) in [4.78, 5) is 25.8. The fourth-order valence-corrected chi connectivity index (χ4v) is 2.60. The van der Waals surface area contributed by atoms with Gasteiger partial charge in [0.15, 0.2) is 0 Å². The van der Waals surface area contributed by atoms with Gasteiger partial charge in [-0.05, 0) is 39.5 Å². The van der Waals surface area contributed by atoms with Crippen molar-refractivity contribution in [3.8, 4) is 0 Å². The minimum absolute atomic E-state index is 0.00337. The number of hydrogen-bond donors (Lipinski definition) is 1. The predicted octanol–water partition coefficient (Wildman–Crippen LogP) is 0.539. The zero-order chi connectivity index (χ0) is 13.3. The van der Waals surface area contributed by atoms with Gasteiger partial charge in [-0.3, -0.25) is 9.59 Å². The quantitative estimate of drug-likeness (QED) is 0.779. The van der Waals surface area contributed by atoms with Gasteiger partial charge >= 0.3 is 0 Å². The predicted molar refractivity (Wildman–Crippen MR) is 66.9 cm³/mol. The van der Waals surface area contributed by atoms with E-state index in [0.29, 0.717) is 19.1 Å². The molecule has 18 heavy (non-hydrogen) atoms. The summed E-state index contributed by atoms with van der Waals surface area (Å²) in [5.41, 5.74) is -0.671. The number of rotatable bonds is 5. The van der Waals surface area contributed by atoms with Crippen LogP contribution >= 0.6 is 0 Å². The minimum Gasteiger partial charge on any atom is -0.377 e. The summed E-state index contributed by atoms with van der Waals surface area (Å²) in [7, 11) is 0. The van der Waals surface area contributed by atoms with Crippen molar-refractivity contribution < 1.29 is 14.3 Å². The van der Waals surface area contributed by atoms with Crippen molar-refractivity contribution in [3.05, 3.63) is 0 Å². The van der Waals surface area contributed by atoms with E-state index in [4.69, 9.17) is 4.74 Å². The summed E-state index contributed by atoms with van der Waals surface area (Å²) in [6.07, 6.45) is 2.20. The number of carbonyl (C=O) groups excluding carboxylic acids is 2. The second-order valence-electron chi connectivity index (χ2n) is 5.57. The SMILES string of the molecule is CC(C)OCCN1C(=O)CNC(=O)C1(C)C1CC1. The van der Waals surface area contributed by atoms with Gasteiger partial charge in [0.2, 0.25) is 11.8 Å². The standard InChI is InChI=1S/C13H22N2O3/c1-9(2)18-7-6-15-11(16)8-14-12(17)13(15,3)10-4-5-10/h9-10H,4-8H2,1-3H3,(H,14,17). The third kappa shape index (κ3) is 2.36. The fraction of sp³-hybridized carbons (Fsp3) is 0.846. The molecule has 0 aromatic heterocycles. The van der Waals surface area contributed by atoms with Crippen LogP contribution in [0.3, 0.4) is 0 Å². The van der Waals surface area contributed by atoms with E-state index in [9.17, 15) is 9.59 Å². The summed E-state index contributed by atoms with van der Waals surface area (Å²) >= 11 is 0. The van der Waals surface area contributed by atoms with Gasteiger partial charge in [0.25, 0.3) is 0 Å². The van der Waals surface area contributed by atoms with Crippen LogP contribution in [0.2, 0.25) is 0 Å². The molecule has 2 rings (SSSR count). The van der Waals surface area contributed by atoms with Crippen LogP contribution in [0.4, 0.5) is 0 Å². The van der Waals surface area contributed by atoms with Gasteiger partial charge in [0.1, 0.15) is 5.54 Å². The van der Waals surface area contributed by atoms with Crippen LogP contribution in [-0.4, -0.2) is 48.1 Å². The summed E-state index contributed by atoms with van der Waals surface area (Å²) in [5, 5.41) is 2.70. The third-order valence-corrected chi connectivity index (χ3v) is 3.86. The van der Waals surface area contributed by atoms with Crippen LogP contribution in [-0.2, 0) is 14.3 Å². The first-order valence-corrected chi connectivity index (χ1v) is 6.66. The topological polar surface area (TPSA) is 58.6 Å². The van der Waals surface area contributed by atoms with E-state index in [1.54, 1.807) is 4.90 Å². The molecular formula is C13H22N2O3. The van der Waals surface area contributed by atoms with Crippen LogP contribution in [0.15, 0.2) is 0 Å². The number of amides is 2. The largest absolute Gasteiger partial charge is 0.377 e. The first-order valence-electron chi connectivity index (χ1n) is 6.66. The fourth-order valence-electron chi connectivity index (χ4n) is 2.60. The number of hydrogen-bond acceptors (Lipinski definition) is 3. The zero-order valence-corrected chi connectivity index (χ0v) is 11.4. The van der Waals surface area contributed by atoms with Gasteiger partial charge in [-0.25, -0.2) is 0 Å². The van der Waals surface area contributed by atoms with E-state index in [2.05, 4.69) is 5.32 Å². The number of piperazine rings is 1. The van der Waals surface area contributed by atoms with Crippen molar-refractivity contribution in [1.29, 1.82) is 0 Å². The maximum atomic E-state index is 12.1. The molecule has 0 bridgehead atoms. The number of ether oxygens (including phenoxy) is 1. The number of nitrogens with zero attached hydrogens (tertiary/aromatic N) is 1. The van der Waals surface area contributed by atoms with E-state index in [1.807, 2.05) is 20.8 Å². The highest BCUT2D eigenvalue weighted by molar-refractivity contribution is 5.98. The average Bonchev–Trinajstić information content (AvgIpc) is 3.12. The molecule has 1 unspecified atom stereocenters. The highest BCUT2D eigenvalue weighted by Gasteiger charge is 2.54. The minimum atomic E-state index is -0.671. The Kier molecular flexibility index (Phi) is 3.61. The molecule has 1 aliphatic carbocycles. The van der Waals surface area contributed by atoms with Crippen molar-refractivity contribution in [2.24, 2.45) is 5.92 Å². The van der Waals surface area contributed by atoms with Gasteiger partial charge < -0.3 is 15.0 Å². The number of carbonyl (C=O) groups is 2. The van der Waals surface area contributed by atoms with Crippen molar-refractivity contribution in [3.63, 3.8) is 0 Å². The van der Waals surface area contributed by atoms with Crippen molar-refractivity contribution in [2.45, 2.75) is 45.3 Å². The van der Waals surface area contributed by atoms with E-state index in [-0.39, 0.29) is 24.5 Å². The number of nitrogens with one attached hydrogen (secondary N) is 1. The Bertz CT molecular complexity index is 352. The molecule has 2 aliphatic rings. The van der Waals surface area contributed by atoms with Gasteiger partial charge in [-0.15, -0.1) is 0 Å². The monoisotopic (exact) mass is 254 g/mol. The van der Waals surface area contributed by atoms with Crippen molar-refractivity contribution in [1.82, 2.24) is 10.2 Å². The summed E-state index contributed by atoms with van der Waals surface area (Å²) < 4.78 is 5.50. The molecule has 5 nitrogen and oxygen atoms in total. The van der Waals surface area contributed by atoms with Crippen LogP contribution in [0, 0.1) is 5.92 Å². The molecule has 1 saturated heterocycles. The van der Waals surface area contributed by atoms with Gasteiger partial charge in [0.05, 0.1) is 19.3 Å². The summed E-state index contributed by atoms with van der Waals surface area (Å²) in [6.45, 7) is 6.90. The molecular weight excluding hydrogens is 232 g/mol. The Morgan fingerprint density at radius 1 is 1.44 bits per heavy atom. The lowest BCUT2D eigenvalue weighted by Gasteiger charge is -2.44. The van der Waals surface area contributed by atoms with Crippen molar-refractivity contribution >= 4 is 11.8 Å². The molecule has 1 atom stereocenters. The molecule has 0 spiro atoms. The van der Waals surface area contributed by atoms with E-state index < -0.39 is 5.54 Å². The van der Waals surface area contributed by atoms with Crippen LogP contribution in [0.25, 0.3) is 0 Å². The molecule has 5 heteroatoms. The maximum absolute atomic E-state index is 12.1. The van der Waals surface area contributed by atoms with E-state index in [1.165, 1.54) is 0 Å². The lowest BCUT2D eigenvalue weighted by molar-refractivity contribution is -0.155. The second kappa shape index (κ2) is 4.88. The maximum Gasteiger partial charge on any atom is 0.246 e. The highest BCUT2D eigenvalue weighted by Crippen LogP contribution is 2.44. The van der Waals surface area contributed by atoms with E-state index >= 15 is 0 Å². The molecule has 2 amide bonds. The normalized spacial score (nSPS) is 28.8.